The van der Waals surface area contributed by atoms with Crippen molar-refractivity contribution in [1.29, 1.82) is 0 Å². The zero-order valence-electron chi connectivity index (χ0n) is 11.8. The molecule has 1 N–H and O–H groups in total. The van der Waals surface area contributed by atoms with E-state index in [9.17, 15) is 9.59 Å². The largest absolute Gasteiger partial charge is 0.290 e. The first-order valence-electron chi connectivity index (χ1n) is 6.94. The van der Waals surface area contributed by atoms with Gasteiger partial charge in [0, 0.05) is 5.02 Å². The van der Waals surface area contributed by atoms with Crippen molar-refractivity contribution < 1.29 is 0 Å². The van der Waals surface area contributed by atoms with Crippen LogP contribution in [0.5, 0.6) is 0 Å². The number of benzene rings is 2. The molecular weight excluding hydrogens is 314 g/mol. The van der Waals surface area contributed by atoms with Crippen LogP contribution >= 0.6 is 11.6 Å². The molecule has 0 aliphatic carbocycles. The Hall–Kier alpha value is -2.92. The first-order chi connectivity index (χ1) is 11.1. The van der Waals surface area contributed by atoms with E-state index >= 15 is 0 Å². The number of hydrogen-bond acceptors (Lipinski definition) is 3. The van der Waals surface area contributed by atoms with E-state index in [0.29, 0.717) is 15.9 Å². The quantitative estimate of drug-likeness (QED) is 0.580. The first kappa shape index (κ1) is 13.7. The number of hydrogen-bond donors (Lipinski definition) is 1. The Morgan fingerprint density at radius 3 is 2.57 bits per heavy atom. The fourth-order valence-electron chi connectivity index (χ4n) is 2.55. The van der Waals surface area contributed by atoms with E-state index in [1.807, 2.05) is 0 Å². The number of imidazole rings is 1. The van der Waals surface area contributed by atoms with Crippen LogP contribution in [0.2, 0.25) is 5.02 Å². The molecule has 4 aromatic rings. The summed E-state index contributed by atoms with van der Waals surface area (Å²) < 4.78 is 1.30. The molecule has 0 atom stereocenters. The molecule has 0 fully saturated rings. The molecule has 0 saturated heterocycles. The highest BCUT2D eigenvalue weighted by Gasteiger charge is 2.09. The van der Waals surface area contributed by atoms with Crippen molar-refractivity contribution in [2.75, 3.05) is 0 Å². The summed E-state index contributed by atoms with van der Waals surface area (Å²) in [6.07, 6.45) is 1.64. The van der Waals surface area contributed by atoms with Gasteiger partial charge in [0.25, 0.3) is 11.1 Å². The molecule has 2 heterocycles. The Bertz CT molecular complexity index is 1210. The Kier molecular flexibility index (Phi) is 3.02. The summed E-state index contributed by atoms with van der Waals surface area (Å²) in [4.78, 5) is 31.9. The third-order valence-corrected chi connectivity index (χ3v) is 3.90. The van der Waals surface area contributed by atoms with Crippen molar-refractivity contribution in [1.82, 2.24) is 14.4 Å². The molecule has 0 aliphatic rings. The summed E-state index contributed by atoms with van der Waals surface area (Å²) in [5.74, 6) is 0.235. The monoisotopic (exact) mass is 323 g/mol. The van der Waals surface area contributed by atoms with E-state index < -0.39 is 0 Å². The molecule has 0 unspecified atom stereocenters. The smallest absolute Gasteiger partial charge is 0.275 e. The van der Waals surface area contributed by atoms with Gasteiger partial charge in [-0.05, 0) is 35.9 Å². The summed E-state index contributed by atoms with van der Waals surface area (Å²) in [7, 11) is 0. The number of H-pyrrole nitrogens is 1. The minimum atomic E-state index is -0.361. The minimum absolute atomic E-state index is 0.235. The van der Waals surface area contributed by atoms with Crippen LogP contribution in [0.25, 0.3) is 22.8 Å². The molecule has 0 amide bonds. The van der Waals surface area contributed by atoms with Crippen molar-refractivity contribution in [3.05, 3.63) is 85.2 Å². The number of halogens is 1. The average molecular weight is 324 g/mol. The van der Waals surface area contributed by atoms with Crippen molar-refractivity contribution in [3.8, 4) is 0 Å². The maximum atomic E-state index is 12.7. The van der Waals surface area contributed by atoms with Crippen LogP contribution in [0, 0.1) is 0 Å². The lowest BCUT2D eigenvalue weighted by Gasteiger charge is -1.98. The summed E-state index contributed by atoms with van der Waals surface area (Å²) in [6.45, 7) is 0. The lowest BCUT2D eigenvalue weighted by atomic mass is 10.2. The third-order valence-electron chi connectivity index (χ3n) is 3.65. The number of aromatic amines is 1. The van der Waals surface area contributed by atoms with Gasteiger partial charge in [-0.2, -0.15) is 0 Å². The van der Waals surface area contributed by atoms with E-state index in [1.54, 1.807) is 54.6 Å². The van der Waals surface area contributed by atoms with E-state index in [-0.39, 0.29) is 22.2 Å². The van der Waals surface area contributed by atoms with Crippen molar-refractivity contribution in [3.63, 3.8) is 0 Å². The van der Waals surface area contributed by atoms with Gasteiger partial charge in [0.2, 0.25) is 5.78 Å². The van der Waals surface area contributed by atoms with Crippen LogP contribution in [0.1, 0.15) is 5.56 Å². The molecule has 0 aliphatic heterocycles. The topological polar surface area (TPSA) is 67.2 Å². The van der Waals surface area contributed by atoms with E-state index in [1.165, 1.54) is 4.40 Å². The van der Waals surface area contributed by atoms with E-state index in [0.717, 1.165) is 5.56 Å². The van der Waals surface area contributed by atoms with Crippen LogP contribution in [0.4, 0.5) is 0 Å². The van der Waals surface area contributed by atoms with Gasteiger partial charge < -0.3 is 0 Å². The van der Waals surface area contributed by atoms with E-state index in [4.69, 9.17) is 11.6 Å². The second-order valence-electron chi connectivity index (χ2n) is 5.13. The van der Waals surface area contributed by atoms with Crippen LogP contribution in [-0.2, 0) is 0 Å². The van der Waals surface area contributed by atoms with Gasteiger partial charge in [0.1, 0.15) is 5.35 Å². The number of nitrogens with one attached hydrogen (secondary N) is 1. The number of nitrogens with zero attached hydrogens (tertiary/aromatic N) is 2. The van der Waals surface area contributed by atoms with Crippen LogP contribution in [0.3, 0.4) is 0 Å². The highest BCUT2D eigenvalue weighted by Crippen LogP contribution is 2.10. The standard InChI is InChI=1S/C17H10ClN3O2/c18-11-7-5-10(6-8-11)9-14-15(22)20-17-19-13-4-2-1-3-12(13)16(23)21(14)17/h1-9H,(H,19,20,22)/b14-9+. The van der Waals surface area contributed by atoms with Gasteiger partial charge in [0.05, 0.1) is 10.9 Å². The van der Waals surface area contributed by atoms with Crippen molar-refractivity contribution in [2.24, 2.45) is 0 Å². The Morgan fingerprint density at radius 2 is 1.78 bits per heavy atom. The highest BCUT2D eigenvalue weighted by atomic mass is 35.5. The van der Waals surface area contributed by atoms with Gasteiger partial charge in [-0.3, -0.25) is 14.6 Å². The third kappa shape index (κ3) is 2.22. The van der Waals surface area contributed by atoms with Crippen molar-refractivity contribution >= 4 is 34.4 Å². The summed E-state index contributed by atoms with van der Waals surface area (Å²) >= 11 is 5.86. The van der Waals surface area contributed by atoms with Gasteiger partial charge in [-0.1, -0.05) is 35.9 Å². The Morgan fingerprint density at radius 1 is 1.04 bits per heavy atom. The molecule has 112 valence electrons. The van der Waals surface area contributed by atoms with Crippen LogP contribution in [0.15, 0.2) is 58.1 Å². The Labute approximate surface area is 134 Å². The average Bonchev–Trinajstić information content (AvgIpc) is 2.86. The lowest BCUT2D eigenvalue weighted by molar-refractivity contribution is 1.05. The van der Waals surface area contributed by atoms with Gasteiger partial charge in [-0.15, -0.1) is 0 Å². The number of para-hydroxylation sites is 1. The fourth-order valence-corrected chi connectivity index (χ4v) is 2.68. The summed E-state index contributed by atoms with van der Waals surface area (Å²) in [5, 5.41) is 1.31. The molecule has 4 rings (SSSR count). The molecule has 2 aromatic carbocycles. The zero-order chi connectivity index (χ0) is 16.0. The molecule has 0 saturated carbocycles. The molecule has 2 aromatic heterocycles. The highest BCUT2D eigenvalue weighted by molar-refractivity contribution is 6.30. The molecule has 5 nitrogen and oxygen atoms in total. The fraction of sp³-hybridized carbons (Fsp3) is 0. The summed E-state index contributed by atoms with van der Waals surface area (Å²) in [5.41, 5.74) is 0.688. The molecule has 0 radical (unpaired) electrons. The number of aromatic nitrogens is 3. The molecule has 0 spiro atoms. The second kappa shape index (κ2) is 5.07. The predicted octanol–water partition coefficient (Wildman–Crippen LogP) is 1.74. The van der Waals surface area contributed by atoms with Crippen LogP contribution in [-0.4, -0.2) is 14.4 Å². The minimum Gasteiger partial charge on any atom is -0.290 e. The molecule has 6 heteroatoms. The second-order valence-corrected chi connectivity index (χ2v) is 5.56. The molecule has 0 bridgehead atoms. The molecule has 23 heavy (non-hydrogen) atoms. The van der Waals surface area contributed by atoms with Gasteiger partial charge in [0.15, 0.2) is 0 Å². The predicted molar refractivity (Wildman–Crippen MR) is 89.8 cm³/mol. The van der Waals surface area contributed by atoms with Crippen LogP contribution < -0.4 is 16.5 Å². The SMILES string of the molecule is O=c1[nH]c2nc3ccccc3c(=O)n2/c1=C/c1ccc(Cl)cc1. The molecular formula is C17H10ClN3O2. The van der Waals surface area contributed by atoms with Gasteiger partial charge in [-0.25, -0.2) is 9.38 Å². The van der Waals surface area contributed by atoms with Gasteiger partial charge >= 0.3 is 0 Å². The van der Waals surface area contributed by atoms with Crippen molar-refractivity contribution in [2.45, 2.75) is 0 Å². The zero-order valence-corrected chi connectivity index (χ0v) is 12.5. The maximum absolute atomic E-state index is 12.7. The maximum Gasteiger partial charge on any atom is 0.275 e. The number of fused-ring (bicyclic) bond motifs is 2. The number of rotatable bonds is 1. The van der Waals surface area contributed by atoms with E-state index in [2.05, 4.69) is 9.97 Å². The summed E-state index contributed by atoms with van der Waals surface area (Å²) in [6, 6.07) is 14.0. The Balaban J connectivity index is 2.13. The first-order valence-corrected chi connectivity index (χ1v) is 7.32. The normalized spacial score (nSPS) is 12.3. The lowest BCUT2D eigenvalue weighted by Crippen LogP contribution is -2.32.